The third kappa shape index (κ3) is 4.61. The minimum Gasteiger partial charge on any atom is -0.379 e. The van der Waals surface area contributed by atoms with Crippen molar-refractivity contribution < 1.29 is 9.53 Å². The fraction of sp³-hybridized carbons (Fsp3) is 0.429. The molecule has 26 heavy (non-hydrogen) atoms. The summed E-state index contributed by atoms with van der Waals surface area (Å²) in [6.45, 7) is 1.79. The van der Waals surface area contributed by atoms with Gasteiger partial charge in [0.2, 0.25) is 5.91 Å². The van der Waals surface area contributed by atoms with Crippen molar-refractivity contribution in [1.82, 2.24) is 9.47 Å². The van der Waals surface area contributed by atoms with Gasteiger partial charge in [-0.1, -0.05) is 36.4 Å². The van der Waals surface area contributed by atoms with Crippen LogP contribution in [0.3, 0.4) is 0 Å². The van der Waals surface area contributed by atoms with E-state index in [-0.39, 0.29) is 17.6 Å². The molecular weight excluding hydrogens is 328 g/mol. The predicted octanol–water partition coefficient (Wildman–Crippen LogP) is 2.34. The van der Waals surface area contributed by atoms with Gasteiger partial charge in [0.15, 0.2) is 0 Å². The summed E-state index contributed by atoms with van der Waals surface area (Å²) in [6.07, 6.45) is 4.02. The Hall–Kier alpha value is -2.40. The average Bonchev–Trinajstić information content (AvgIpc) is 2.68. The van der Waals surface area contributed by atoms with Gasteiger partial charge in [-0.25, -0.2) is 0 Å². The van der Waals surface area contributed by atoms with Crippen molar-refractivity contribution in [2.24, 2.45) is 5.92 Å². The Balaban J connectivity index is 1.55. The third-order valence-corrected chi connectivity index (χ3v) is 5.16. The van der Waals surface area contributed by atoms with Crippen LogP contribution in [0.15, 0.2) is 59.5 Å². The minimum absolute atomic E-state index is 0.0485. The Morgan fingerprint density at radius 1 is 1.15 bits per heavy atom. The summed E-state index contributed by atoms with van der Waals surface area (Å²) >= 11 is 0. The van der Waals surface area contributed by atoms with Gasteiger partial charge in [-0.05, 0) is 30.4 Å². The van der Waals surface area contributed by atoms with Gasteiger partial charge in [0.1, 0.15) is 0 Å². The van der Waals surface area contributed by atoms with Crippen LogP contribution < -0.4 is 5.56 Å². The number of piperidine rings is 1. The van der Waals surface area contributed by atoms with Gasteiger partial charge in [-0.3, -0.25) is 9.59 Å². The number of rotatable bonds is 6. The number of ether oxygens (including phenoxy) is 1. The van der Waals surface area contributed by atoms with Crippen LogP contribution in [0.2, 0.25) is 0 Å². The highest BCUT2D eigenvalue weighted by Gasteiger charge is 2.31. The molecule has 1 aromatic heterocycles. The van der Waals surface area contributed by atoms with Gasteiger partial charge in [0, 0.05) is 45.4 Å². The lowest BCUT2D eigenvalue weighted by molar-refractivity contribution is -0.136. The van der Waals surface area contributed by atoms with Gasteiger partial charge < -0.3 is 14.2 Å². The van der Waals surface area contributed by atoms with Crippen molar-refractivity contribution in [1.29, 1.82) is 0 Å². The second-order valence-electron chi connectivity index (χ2n) is 6.83. The number of carbonyl (C=O) groups is 1. The maximum atomic E-state index is 12.6. The number of aryl methyl sites for hydroxylation is 1. The van der Waals surface area contributed by atoms with Crippen molar-refractivity contribution >= 4 is 5.91 Å². The van der Waals surface area contributed by atoms with E-state index in [2.05, 4.69) is 24.3 Å². The quantitative estimate of drug-likeness (QED) is 0.800. The Morgan fingerprint density at radius 3 is 2.65 bits per heavy atom. The van der Waals surface area contributed by atoms with E-state index in [1.54, 1.807) is 23.9 Å². The maximum Gasteiger partial charge on any atom is 0.250 e. The minimum atomic E-state index is -0.0726. The average molecular weight is 354 g/mol. The number of likely N-dealkylation sites (tertiary alicyclic amines) is 1. The summed E-state index contributed by atoms with van der Waals surface area (Å²) in [5, 5.41) is 0. The number of hydrogen-bond donors (Lipinski definition) is 0. The molecule has 0 aliphatic carbocycles. The van der Waals surface area contributed by atoms with Crippen LogP contribution in [-0.2, 0) is 22.5 Å². The lowest BCUT2D eigenvalue weighted by atomic mass is 9.87. The number of pyridine rings is 1. The second-order valence-corrected chi connectivity index (χ2v) is 6.83. The number of benzene rings is 1. The Labute approximate surface area is 154 Å². The van der Waals surface area contributed by atoms with Crippen LogP contribution in [0, 0.1) is 5.92 Å². The summed E-state index contributed by atoms with van der Waals surface area (Å²) < 4.78 is 7.27. The topological polar surface area (TPSA) is 51.5 Å². The van der Waals surface area contributed by atoms with Crippen LogP contribution in [-0.4, -0.2) is 41.7 Å². The van der Waals surface area contributed by atoms with Gasteiger partial charge in [0.05, 0.1) is 6.10 Å². The SMILES string of the molecule is CO[C@@H]1CN(C(=O)CCn2ccccc2=O)CC[C@@H]1Cc1ccccc1. The Morgan fingerprint density at radius 2 is 1.92 bits per heavy atom. The number of methoxy groups -OCH3 is 1. The molecule has 2 heterocycles. The van der Waals surface area contributed by atoms with Gasteiger partial charge in [-0.2, -0.15) is 0 Å². The predicted molar refractivity (Wildman–Crippen MR) is 101 cm³/mol. The van der Waals surface area contributed by atoms with E-state index < -0.39 is 0 Å². The van der Waals surface area contributed by atoms with E-state index in [1.807, 2.05) is 17.0 Å². The first-order valence-corrected chi connectivity index (χ1v) is 9.17. The van der Waals surface area contributed by atoms with Crippen molar-refractivity contribution in [2.75, 3.05) is 20.2 Å². The molecule has 1 aliphatic heterocycles. The van der Waals surface area contributed by atoms with Crippen LogP contribution in [0.25, 0.3) is 0 Å². The van der Waals surface area contributed by atoms with Gasteiger partial charge in [-0.15, -0.1) is 0 Å². The smallest absolute Gasteiger partial charge is 0.250 e. The van der Waals surface area contributed by atoms with E-state index in [0.717, 1.165) is 19.4 Å². The molecule has 3 rings (SSSR count). The normalized spacial score (nSPS) is 20.1. The maximum absolute atomic E-state index is 12.6. The zero-order chi connectivity index (χ0) is 18.4. The Kier molecular flexibility index (Phi) is 6.23. The standard InChI is InChI=1S/C21H26N2O3/c1-26-19-16-23(13-10-18(19)15-17-7-3-2-4-8-17)21(25)11-14-22-12-6-5-9-20(22)24/h2-9,12,18-19H,10-11,13-16H2,1H3/t18-,19-/m1/s1. The first-order valence-electron chi connectivity index (χ1n) is 9.17. The summed E-state index contributed by atoms with van der Waals surface area (Å²) in [6, 6.07) is 15.5. The largest absolute Gasteiger partial charge is 0.379 e. The number of hydrogen-bond acceptors (Lipinski definition) is 3. The highest BCUT2D eigenvalue weighted by Crippen LogP contribution is 2.24. The number of amides is 1. The lowest BCUT2D eigenvalue weighted by Gasteiger charge is -2.38. The monoisotopic (exact) mass is 354 g/mol. The summed E-state index contributed by atoms with van der Waals surface area (Å²) in [5.74, 6) is 0.504. The molecule has 1 aromatic carbocycles. The molecule has 2 atom stereocenters. The molecule has 0 unspecified atom stereocenters. The molecule has 138 valence electrons. The number of aromatic nitrogens is 1. The molecule has 1 aliphatic rings. The van der Waals surface area contributed by atoms with E-state index in [9.17, 15) is 9.59 Å². The van der Waals surface area contributed by atoms with Gasteiger partial charge >= 0.3 is 0 Å². The molecule has 2 aromatic rings. The molecule has 1 saturated heterocycles. The molecule has 0 N–H and O–H groups in total. The lowest BCUT2D eigenvalue weighted by Crippen LogP contribution is -2.48. The number of carbonyl (C=O) groups excluding carboxylic acids is 1. The van der Waals surface area contributed by atoms with E-state index in [0.29, 0.717) is 25.4 Å². The molecule has 0 saturated carbocycles. The summed E-state index contributed by atoms with van der Waals surface area (Å²) in [5.41, 5.74) is 1.24. The fourth-order valence-corrected chi connectivity index (χ4v) is 3.63. The highest BCUT2D eigenvalue weighted by atomic mass is 16.5. The Bertz CT molecular complexity index is 772. The van der Waals surface area contributed by atoms with Crippen molar-refractivity contribution in [3.63, 3.8) is 0 Å². The van der Waals surface area contributed by atoms with Crippen molar-refractivity contribution in [2.45, 2.75) is 31.9 Å². The molecule has 1 fully saturated rings. The number of nitrogens with zero attached hydrogens (tertiary/aromatic N) is 2. The zero-order valence-corrected chi connectivity index (χ0v) is 15.2. The molecular formula is C21H26N2O3. The van der Waals surface area contributed by atoms with Gasteiger partial charge in [0.25, 0.3) is 5.56 Å². The summed E-state index contributed by atoms with van der Waals surface area (Å²) in [4.78, 5) is 26.2. The highest BCUT2D eigenvalue weighted by molar-refractivity contribution is 5.76. The third-order valence-electron chi connectivity index (χ3n) is 5.16. The van der Waals surface area contributed by atoms with Crippen molar-refractivity contribution in [3.05, 3.63) is 70.6 Å². The van der Waals surface area contributed by atoms with Crippen LogP contribution in [0.1, 0.15) is 18.4 Å². The van der Waals surface area contributed by atoms with E-state index in [1.165, 1.54) is 11.6 Å². The molecule has 1 amide bonds. The van der Waals surface area contributed by atoms with Crippen molar-refractivity contribution in [3.8, 4) is 0 Å². The zero-order valence-electron chi connectivity index (χ0n) is 15.2. The molecule has 0 spiro atoms. The first kappa shape index (κ1) is 18.4. The molecule has 5 heteroatoms. The van der Waals surface area contributed by atoms with Crippen LogP contribution >= 0.6 is 0 Å². The molecule has 0 radical (unpaired) electrons. The summed E-state index contributed by atoms with van der Waals surface area (Å²) in [7, 11) is 1.72. The second kappa shape index (κ2) is 8.81. The molecule has 5 nitrogen and oxygen atoms in total. The van der Waals surface area contributed by atoms with Crippen LogP contribution in [0.4, 0.5) is 0 Å². The molecule has 0 bridgehead atoms. The van der Waals surface area contributed by atoms with Crippen LogP contribution in [0.5, 0.6) is 0 Å². The fourth-order valence-electron chi connectivity index (χ4n) is 3.63. The first-order chi connectivity index (χ1) is 12.7. The van der Waals surface area contributed by atoms with E-state index >= 15 is 0 Å². The van der Waals surface area contributed by atoms with E-state index in [4.69, 9.17) is 4.74 Å².